The van der Waals surface area contributed by atoms with Gasteiger partial charge < -0.3 is 5.32 Å². The average molecular weight is 264 g/mol. The van der Waals surface area contributed by atoms with Gasteiger partial charge in [-0.2, -0.15) is 5.26 Å². The summed E-state index contributed by atoms with van der Waals surface area (Å²) in [7, 11) is 0. The van der Waals surface area contributed by atoms with Crippen molar-refractivity contribution in [1.82, 2.24) is 5.32 Å². The van der Waals surface area contributed by atoms with Crippen molar-refractivity contribution >= 4 is 12.0 Å². The van der Waals surface area contributed by atoms with Crippen LogP contribution in [0.15, 0.2) is 24.3 Å². The van der Waals surface area contributed by atoms with Crippen molar-refractivity contribution in [3.63, 3.8) is 0 Å². The van der Waals surface area contributed by atoms with Gasteiger partial charge in [0.1, 0.15) is 17.7 Å². The summed E-state index contributed by atoms with van der Waals surface area (Å²) in [6.07, 6.45) is 3.36. The molecule has 0 aliphatic rings. The second-order valence-corrected chi connectivity index (χ2v) is 3.95. The Morgan fingerprint density at radius 2 is 2.11 bits per heavy atom. The van der Waals surface area contributed by atoms with E-state index in [2.05, 4.69) is 5.32 Å². The number of hydrogen-bond acceptors (Lipinski definition) is 2. The van der Waals surface area contributed by atoms with E-state index in [0.717, 1.165) is 30.7 Å². The van der Waals surface area contributed by atoms with Gasteiger partial charge in [0.05, 0.1) is 6.07 Å². The lowest BCUT2D eigenvalue weighted by Gasteiger charge is -2.07. The maximum absolute atomic E-state index is 13.3. The van der Waals surface area contributed by atoms with Crippen LogP contribution in [0.2, 0.25) is 0 Å². The van der Waals surface area contributed by atoms with E-state index in [1.54, 1.807) is 0 Å². The summed E-state index contributed by atoms with van der Waals surface area (Å²) in [5.74, 6) is -2.04. The molecule has 0 spiro atoms. The smallest absolute Gasteiger partial charge is 0.245 e. The molecule has 0 saturated carbocycles. The topological polar surface area (TPSA) is 52.9 Å². The van der Waals surface area contributed by atoms with Gasteiger partial charge in [0.15, 0.2) is 0 Å². The second kappa shape index (κ2) is 7.27. The number of amides is 1. The van der Waals surface area contributed by atoms with Gasteiger partial charge in [-0.1, -0.05) is 19.4 Å². The molecule has 1 aromatic carbocycles. The minimum absolute atomic E-state index is 0.276. The number of nitrogens with one attached hydrogen (secondary N) is 1. The number of rotatable bonds is 5. The van der Waals surface area contributed by atoms with Crippen LogP contribution < -0.4 is 5.32 Å². The molecule has 100 valence electrons. The largest absolute Gasteiger partial charge is 0.337 e. The summed E-state index contributed by atoms with van der Waals surface area (Å²) in [4.78, 5) is 11.5. The summed E-state index contributed by atoms with van der Waals surface area (Å²) in [6, 6.07) is 4.81. The van der Waals surface area contributed by atoms with Crippen LogP contribution in [0.3, 0.4) is 0 Å². The highest BCUT2D eigenvalue weighted by molar-refractivity contribution is 5.92. The zero-order valence-electron chi connectivity index (χ0n) is 10.5. The minimum atomic E-state index is -0.741. The molecule has 19 heavy (non-hydrogen) atoms. The Hall–Kier alpha value is -2.22. The molecule has 0 fully saturated rings. The summed E-state index contributed by atoms with van der Waals surface area (Å²) in [5.41, 5.74) is -0.276. The molecule has 0 aliphatic carbocycles. The highest BCUT2D eigenvalue weighted by Gasteiger charge is 2.09. The molecule has 0 bridgehead atoms. The summed E-state index contributed by atoms with van der Waals surface area (Å²) in [6.45, 7) is 1.89. The van der Waals surface area contributed by atoms with Gasteiger partial charge in [0, 0.05) is 11.6 Å². The Bertz CT molecular complexity index is 500. The molecular formula is C14H14F2N2O. The number of carbonyl (C=O) groups excluding carboxylic acids is 1. The fraction of sp³-hybridized carbons (Fsp3) is 0.286. The molecule has 0 heterocycles. The molecule has 1 atom stereocenters. The molecule has 5 heteroatoms. The van der Waals surface area contributed by atoms with Crippen molar-refractivity contribution in [2.45, 2.75) is 25.8 Å². The standard InChI is InChI=1S/C14H14F2N2O/c1-2-4-10(9-17)18-14(19)8-7-11-12(15)5-3-6-13(11)16/h3,5-8,10H,2,4H2,1H3,(H,18,19)/b8-7+/t10-/m0/s1. The molecule has 1 N–H and O–H groups in total. The van der Waals surface area contributed by atoms with Gasteiger partial charge in [0.2, 0.25) is 5.91 Å². The third-order valence-electron chi connectivity index (χ3n) is 2.45. The first-order chi connectivity index (χ1) is 9.08. The lowest BCUT2D eigenvalue weighted by atomic mass is 10.1. The van der Waals surface area contributed by atoms with E-state index in [1.165, 1.54) is 6.07 Å². The van der Waals surface area contributed by atoms with Crippen molar-refractivity contribution in [3.8, 4) is 6.07 Å². The normalized spacial score (nSPS) is 12.1. The number of carbonyl (C=O) groups is 1. The highest BCUT2D eigenvalue weighted by atomic mass is 19.1. The maximum atomic E-state index is 13.3. The summed E-state index contributed by atoms with van der Waals surface area (Å²) < 4.78 is 26.6. The van der Waals surface area contributed by atoms with Gasteiger partial charge in [-0.05, 0) is 24.6 Å². The zero-order chi connectivity index (χ0) is 14.3. The summed E-state index contributed by atoms with van der Waals surface area (Å²) >= 11 is 0. The zero-order valence-corrected chi connectivity index (χ0v) is 10.5. The Balaban J connectivity index is 2.71. The van der Waals surface area contributed by atoms with Gasteiger partial charge in [-0.3, -0.25) is 4.79 Å². The van der Waals surface area contributed by atoms with Crippen LogP contribution in [0, 0.1) is 23.0 Å². The monoisotopic (exact) mass is 264 g/mol. The van der Waals surface area contributed by atoms with Crippen LogP contribution >= 0.6 is 0 Å². The first-order valence-corrected chi connectivity index (χ1v) is 5.90. The van der Waals surface area contributed by atoms with Crippen LogP contribution in [-0.2, 0) is 4.79 Å². The van der Waals surface area contributed by atoms with E-state index >= 15 is 0 Å². The quantitative estimate of drug-likeness (QED) is 0.831. The lowest BCUT2D eigenvalue weighted by molar-refractivity contribution is -0.116. The third-order valence-corrected chi connectivity index (χ3v) is 2.45. The molecule has 0 radical (unpaired) electrons. The van der Waals surface area contributed by atoms with Crippen LogP contribution in [0.25, 0.3) is 6.08 Å². The lowest BCUT2D eigenvalue weighted by Crippen LogP contribution is -2.32. The Kier molecular flexibility index (Phi) is 5.68. The average Bonchev–Trinajstić information content (AvgIpc) is 2.37. The molecule has 1 amide bonds. The molecule has 1 rings (SSSR count). The minimum Gasteiger partial charge on any atom is -0.337 e. The molecule has 3 nitrogen and oxygen atoms in total. The maximum Gasteiger partial charge on any atom is 0.245 e. The van der Waals surface area contributed by atoms with Crippen LogP contribution in [0.5, 0.6) is 0 Å². The molecular weight excluding hydrogens is 250 g/mol. The predicted octanol–water partition coefficient (Wildman–Crippen LogP) is 2.79. The SMILES string of the molecule is CCC[C@@H](C#N)NC(=O)/C=C/c1c(F)cccc1F. The van der Waals surface area contributed by atoms with Gasteiger partial charge in [0.25, 0.3) is 0 Å². The van der Waals surface area contributed by atoms with Crippen molar-refractivity contribution < 1.29 is 13.6 Å². The molecule has 0 aromatic heterocycles. The number of nitrogens with zero attached hydrogens (tertiary/aromatic N) is 1. The number of benzene rings is 1. The van der Waals surface area contributed by atoms with Crippen LogP contribution in [-0.4, -0.2) is 11.9 Å². The Morgan fingerprint density at radius 1 is 1.47 bits per heavy atom. The van der Waals surface area contributed by atoms with E-state index in [9.17, 15) is 13.6 Å². The molecule has 1 aromatic rings. The third kappa shape index (κ3) is 4.51. The van der Waals surface area contributed by atoms with Gasteiger partial charge >= 0.3 is 0 Å². The Morgan fingerprint density at radius 3 is 2.63 bits per heavy atom. The first-order valence-electron chi connectivity index (χ1n) is 5.90. The van der Waals surface area contributed by atoms with E-state index in [1.807, 2.05) is 13.0 Å². The predicted molar refractivity (Wildman–Crippen MR) is 67.8 cm³/mol. The van der Waals surface area contributed by atoms with Crippen LogP contribution in [0.4, 0.5) is 8.78 Å². The van der Waals surface area contributed by atoms with E-state index in [0.29, 0.717) is 6.42 Å². The number of halogens is 2. The van der Waals surface area contributed by atoms with Gasteiger partial charge in [-0.25, -0.2) is 8.78 Å². The van der Waals surface area contributed by atoms with E-state index in [-0.39, 0.29) is 5.56 Å². The van der Waals surface area contributed by atoms with Crippen molar-refractivity contribution in [2.24, 2.45) is 0 Å². The molecule has 0 saturated heterocycles. The summed E-state index contributed by atoms with van der Waals surface area (Å²) in [5, 5.41) is 11.2. The van der Waals surface area contributed by atoms with Crippen molar-refractivity contribution in [2.75, 3.05) is 0 Å². The van der Waals surface area contributed by atoms with E-state index < -0.39 is 23.6 Å². The fourth-order valence-corrected chi connectivity index (χ4v) is 1.51. The highest BCUT2D eigenvalue weighted by Crippen LogP contribution is 2.13. The van der Waals surface area contributed by atoms with Gasteiger partial charge in [-0.15, -0.1) is 0 Å². The molecule has 0 unspecified atom stereocenters. The second-order valence-electron chi connectivity index (χ2n) is 3.95. The molecule has 0 aliphatic heterocycles. The van der Waals surface area contributed by atoms with Crippen molar-refractivity contribution in [1.29, 1.82) is 5.26 Å². The first kappa shape index (κ1) is 14.8. The number of nitriles is 1. The fourth-order valence-electron chi connectivity index (χ4n) is 1.51. The Labute approximate surface area is 110 Å². The van der Waals surface area contributed by atoms with Crippen molar-refractivity contribution in [3.05, 3.63) is 41.5 Å². The number of hydrogen-bond donors (Lipinski definition) is 1. The van der Waals surface area contributed by atoms with Crippen LogP contribution in [0.1, 0.15) is 25.3 Å². The van der Waals surface area contributed by atoms with E-state index in [4.69, 9.17) is 5.26 Å².